The Labute approximate surface area is 226 Å². The van der Waals surface area contributed by atoms with Crippen molar-refractivity contribution in [1.29, 1.82) is 0 Å². The van der Waals surface area contributed by atoms with E-state index in [1.165, 1.54) is 28.0 Å². The molecule has 1 aliphatic rings. The van der Waals surface area contributed by atoms with Gasteiger partial charge >= 0.3 is 5.91 Å². The Balaban J connectivity index is 1.56. The number of Topliss-reactive ketones (excluding diaryl/α,β-unsaturated/α-hetero) is 1. The summed E-state index contributed by atoms with van der Waals surface area (Å²) in [5.74, 6) is -1.19. The first-order valence-corrected chi connectivity index (χ1v) is 13.5. The summed E-state index contributed by atoms with van der Waals surface area (Å²) in [5, 5.41) is 20.8. The molecule has 1 amide bonds. The maximum atomic E-state index is 13.4. The van der Waals surface area contributed by atoms with E-state index in [-0.39, 0.29) is 16.5 Å². The SMILES string of the molecule is Cc1ccc(C)c(/C(O)=C2\C(=O)C(=O)N(c3nnc(SCc4ccccc4Cl)s3)C2c2ccncc2)c1. The van der Waals surface area contributed by atoms with Crippen LogP contribution < -0.4 is 4.90 Å². The summed E-state index contributed by atoms with van der Waals surface area (Å²) >= 11 is 8.91. The van der Waals surface area contributed by atoms with E-state index in [9.17, 15) is 14.7 Å². The zero-order chi connectivity index (χ0) is 26.1. The molecule has 37 heavy (non-hydrogen) atoms. The number of carbonyl (C=O) groups excluding carboxylic acids is 2. The van der Waals surface area contributed by atoms with Crippen molar-refractivity contribution >= 4 is 57.3 Å². The smallest absolute Gasteiger partial charge is 0.301 e. The number of nitrogens with zero attached hydrogens (tertiary/aromatic N) is 4. The van der Waals surface area contributed by atoms with Gasteiger partial charge in [-0.2, -0.15) is 0 Å². The Morgan fingerprint density at radius 2 is 1.84 bits per heavy atom. The van der Waals surface area contributed by atoms with Crippen LogP contribution in [0, 0.1) is 13.8 Å². The quantitative estimate of drug-likeness (QED) is 0.102. The number of aliphatic hydroxyl groups is 1. The number of aliphatic hydroxyl groups excluding tert-OH is 1. The summed E-state index contributed by atoms with van der Waals surface area (Å²) in [6, 6.07) is 15.7. The molecule has 1 atom stereocenters. The summed E-state index contributed by atoms with van der Waals surface area (Å²) < 4.78 is 0.625. The molecule has 2 aromatic carbocycles. The second-order valence-corrected chi connectivity index (χ2v) is 11.1. The molecule has 0 radical (unpaired) electrons. The van der Waals surface area contributed by atoms with Crippen LogP contribution in [0.5, 0.6) is 0 Å². The molecule has 0 spiro atoms. The third-order valence-electron chi connectivity index (χ3n) is 6.03. The highest BCUT2D eigenvalue weighted by Gasteiger charge is 2.48. The second kappa shape index (κ2) is 10.5. The first-order valence-electron chi connectivity index (χ1n) is 11.3. The summed E-state index contributed by atoms with van der Waals surface area (Å²) in [5.41, 5.74) is 3.80. The number of halogens is 1. The summed E-state index contributed by atoms with van der Waals surface area (Å²) in [6.45, 7) is 3.75. The van der Waals surface area contributed by atoms with Gasteiger partial charge in [0.15, 0.2) is 4.34 Å². The average Bonchev–Trinajstić information content (AvgIpc) is 3.47. The lowest BCUT2D eigenvalue weighted by Gasteiger charge is -2.22. The van der Waals surface area contributed by atoms with Gasteiger partial charge in [0.05, 0.1) is 11.6 Å². The standard InChI is InChI=1S/C27H21ClN4O3S2/c1-15-7-8-16(2)19(13-15)23(33)21-22(17-9-11-29-12-10-17)32(25(35)24(21)34)26-30-31-27(37-26)36-14-18-5-3-4-6-20(18)28/h3-13,22,33H,14H2,1-2H3/b23-21+. The average molecular weight is 549 g/mol. The Bertz CT molecular complexity index is 1540. The zero-order valence-corrected chi connectivity index (χ0v) is 22.3. The van der Waals surface area contributed by atoms with Crippen LogP contribution in [0.15, 0.2) is 76.9 Å². The minimum absolute atomic E-state index is 0.00497. The highest BCUT2D eigenvalue weighted by atomic mass is 35.5. The fraction of sp³-hybridized carbons (Fsp3) is 0.148. The van der Waals surface area contributed by atoms with Crippen molar-refractivity contribution in [3.05, 3.63) is 105 Å². The van der Waals surface area contributed by atoms with Gasteiger partial charge in [-0.15, -0.1) is 10.2 Å². The number of amides is 1. The van der Waals surface area contributed by atoms with Gasteiger partial charge in [-0.1, -0.05) is 70.6 Å². The van der Waals surface area contributed by atoms with E-state index in [1.54, 1.807) is 30.6 Å². The Hall–Kier alpha value is -3.53. The number of hydrogen-bond donors (Lipinski definition) is 1. The first-order chi connectivity index (χ1) is 17.8. The van der Waals surface area contributed by atoms with Crippen LogP contribution >= 0.6 is 34.7 Å². The number of carbonyl (C=O) groups is 2. The molecule has 1 fully saturated rings. The first kappa shape index (κ1) is 25.1. The van der Waals surface area contributed by atoms with E-state index in [0.717, 1.165) is 16.7 Å². The largest absolute Gasteiger partial charge is 0.507 e. The lowest BCUT2D eigenvalue weighted by molar-refractivity contribution is -0.132. The molecular formula is C27H21ClN4O3S2. The van der Waals surface area contributed by atoms with Crippen LogP contribution in [0.3, 0.4) is 0 Å². The normalized spacial score (nSPS) is 16.9. The Kier molecular flexibility index (Phi) is 7.10. The van der Waals surface area contributed by atoms with Crippen LogP contribution in [0.2, 0.25) is 5.02 Å². The van der Waals surface area contributed by atoms with Crippen molar-refractivity contribution in [3.8, 4) is 0 Å². The van der Waals surface area contributed by atoms with Crippen LogP contribution in [0.1, 0.15) is 33.9 Å². The van der Waals surface area contributed by atoms with Crippen LogP contribution in [-0.4, -0.2) is 32.0 Å². The van der Waals surface area contributed by atoms with Crippen molar-refractivity contribution < 1.29 is 14.7 Å². The van der Waals surface area contributed by atoms with Crippen molar-refractivity contribution in [2.24, 2.45) is 0 Å². The molecule has 186 valence electrons. The molecule has 0 bridgehead atoms. The van der Waals surface area contributed by atoms with Crippen LogP contribution in [0.25, 0.3) is 5.76 Å². The maximum absolute atomic E-state index is 13.4. The number of ketones is 1. The van der Waals surface area contributed by atoms with Gasteiger partial charge in [0.2, 0.25) is 5.13 Å². The topological polar surface area (TPSA) is 96.3 Å². The van der Waals surface area contributed by atoms with Crippen LogP contribution in [-0.2, 0) is 15.3 Å². The third-order valence-corrected chi connectivity index (χ3v) is 8.50. The number of hydrogen-bond acceptors (Lipinski definition) is 8. The molecule has 1 aliphatic heterocycles. The van der Waals surface area contributed by atoms with Gasteiger partial charge in [-0.3, -0.25) is 19.5 Å². The second-order valence-electron chi connectivity index (χ2n) is 8.50. The van der Waals surface area contributed by atoms with Crippen molar-refractivity contribution in [1.82, 2.24) is 15.2 Å². The molecule has 1 unspecified atom stereocenters. The maximum Gasteiger partial charge on any atom is 0.301 e. The number of aryl methyl sites for hydroxylation is 2. The molecule has 1 N–H and O–H groups in total. The van der Waals surface area contributed by atoms with E-state index in [2.05, 4.69) is 15.2 Å². The van der Waals surface area contributed by atoms with Crippen molar-refractivity contribution in [2.45, 2.75) is 30.0 Å². The number of thioether (sulfide) groups is 1. The molecule has 0 aliphatic carbocycles. The fourth-order valence-electron chi connectivity index (χ4n) is 4.14. The minimum Gasteiger partial charge on any atom is -0.507 e. The number of rotatable bonds is 6. The van der Waals surface area contributed by atoms with E-state index in [0.29, 0.717) is 26.2 Å². The molecule has 3 heterocycles. The molecular weight excluding hydrogens is 528 g/mol. The Morgan fingerprint density at radius 3 is 2.59 bits per heavy atom. The van der Waals surface area contributed by atoms with E-state index in [1.807, 2.05) is 50.2 Å². The lowest BCUT2D eigenvalue weighted by Crippen LogP contribution is -2.29. The summed E-state index contributed by atoms with van der Waals surface area (Å²) in [6.07, 6.45) is 3.16. The summed E-state index contributed by atoms with van der Waals surface area (Å²) in [4.78, 5) is 32.1. The molecule has 4 aromatic rings. The van der Waals surface area contributed by atoms with E-state index < -0.39 is 17.7 Å². The number of pyridine rings is 1. The van der Waals surface area contributed by atoms with Crippen molar-refractivity contribution in [2.75, 3.05) is 4.90 Å². The third kappa shape index (κ3) is 4.90. The van der Waals surface area contributed by atoms with E-state index in [4.69, 9.17) is 11.6 Å². The fourth-order valence-corrected chi connectivity index (χ4v) is 6.29. The lowest BCUT2D eigenvalue weighted by atomic mass is 9.94. The number of aromatic nitrogens is 3. The van der Waals surface area contributed by atoms with Crippen molar-refractivity contribution in [3.63, 3.8) is 0 Å². The number of anilines is 1. The van der Waals surface area contributed by atoms with Gasteiger partial charge in [-0.25, -0.2) is 0 Å². The predicted octanol–water partition coefficient (Wildman–Crippen LogP) is 6.12. The van der Waals surface area contributed by atoms with Gasteiger partial charge in [-0.05, 0) is 54.8 Å². The van der Waals surface area contributed by atoms with Gasteiger partial charge in [0.25, 0.3) is 5.78 Å². The summed E-state index contributed by atoms with van der Waals surface area (Å²) in [7, 11) is 0. The monoisotopic (exact) mass is 548 g/mol. The highest BCUT2D eigenvalue weighted by molar-refractivity contribution is 8.00. The zero-order valence-electron chi connectivity index (χ0n) is 19.9. The molecule has 1 saturated heterocycles. The van der Waals surface area contributed by atoms with Gasteiger partial charge in [0, 0.05) is 28.7 Å². The molecule has 5 rings (SSSR count). The molecule has 0 saturated carbocycles. The van der Waals surface area contributed by atoms with Crippen LogP contribution in [0.4, 0.5) is 5.13 Å². The molecule has 2 aromatic heterocycles. The van der Waals surface area contributed by atoms with E-state index >= 15 is 0 Å². The molecule has 7 nitrogen and oxygen atoms in total. The highest BCUT2D eigenvalue weighted by Crippen LogP contribution is 2.44. The van der Waals surface area contributed by atoms with Gasteiger partial charge < -0.3 is 5.11 Å². The Morgan fingerprint density at radius 1 is 1.08 bits per heavy atom. The molecule has 10 heteroatoms. The minimum atomic E-state index is -0.878. The van der Waals surface area contributed by atoms with Gasteiger partial charge in [0.1, 0.15) is 5.76 Å². The predicted molar refractivity (Wildman–Crippen MR) is 146 cm³/mol. The number of benzene rings is 2.